The fourth-order valence-corrected chi connectivity index (χ4v) is 4.89. The van der Waals surface area contributed by atoms with Crippen LogP contribution in [-0.4, -0.2) is 12.1 Å². The van der Waals surface area contributed by atoms with E-state index >= 15 is 0 Å². The zero-order valence-electron chi connectivity index (χ0n) is 16.8. The van der Waals surface area contributed by atoms with Gasteiger partial charge >= 0.3 is 0 Å². The van der Waals surface area contributed by atoms with Crippen LogP contribution < -0.4 is 10.3 Å². The lowest BCUT2D eigenvalue weighted by molar-refractivity contribution is 0.416. The highest BCUT2D eigenvalue weighted by atomic mass is 32.1. The Morgan fingerprint density at radius 3 is 2.61 bits per heavy atom. The molecule has 0 aliphatic heterocycles. The molecule has 0 aliphatic rings. The number of nitrogens with one attached hydrogen (secondary N) is 1. The third kappa shape index (κ3) is 3.02. The van der Waals surface area contributed by atoms with Gasteiger partial charge in [0, 0.05) is 16.3 Å². The number of aryl methyl sites for hydroxylation is 1. The SMILES string of the molecule is CCC[C@@H](C)c1ccc(-c2c(OC)cc(C)c3[nH]c(=O)c4sccc4c23)cc1. The van der Waals surface area contributed by atoms with Crippen LogP contribution in [0.1, 0.15) is 43.7 Å². The van der Waals surface area contributed by atoms with Crippen LogP contribution in [0.2, 0.25) is 0 Å². The lowest BCUT2D eigenvalue weighted by Gasteiger charge is -2.17. The number of hydrogen-bond donors (Lipinski definition) is 1. The lowest BCUT2D eigenvalue weighted by atomic mass is 9.91. The minimum absolute atomic E-state index is 0.0274. The van der Waals surface area contributed by atoms with Crippen molar-refractivity contribution in [1.82, 2.24) is 4.98 Å². The zero-order valence-corrected chi connectivity index (χ0v) is 17.6. The van der Waals surface area contributed by atoms with Gasteiger partial charge in [0.25, 0.3) is 5.56 Å². The first-order valence-corrected chi connectivity index (χ1v) is 10.6. The van der Waals surface area contributed by atoms with E-state index in [2.05, 4.69) is 43.1 Å². The molecule has 0 bridgehead atoms. The summed E-state index contributed by atoms with van der Waals surface area (Å²) in [6.07, 6.45) is 2.37. The van der Waals surface area contributed by atoms with E-state index in [-0.39, 0.29) is 5.56 Å². The second kappa shape index (κ2) is 7.44. The van der Waals surface area contributed by atoms with Gasteiger partial charge < -0.3 is 9.72 Å². The topological polar surface area (TPSA) is 42.1 Å². The predicted octanol–water partition coefficient (Wildman–Crippen LogP) is 6.63. The van der Waals surface area contributed by atoms with Gasteiger partial charge in [-0.25, -0.2) is 0 Å². The summed E-state index contributed by atoms with van der Waals surface area (Å²) in [6.45, 7) is 6.51. The summed E-state index contributed by atoms with van der Waals surface area (Å²) in [7, 11) is 1.71. The van der Waals surface area contributed by atoms with Crippen molar-refractivity contribution in [2.45, 2.75) is 39.5 Å². The van der Waals surface area contributed by atoms with Crippen LogP contribution in [0.4, 0.5) is 0 Å². The molecule has 1 N–H and O–H groups in total. The van der Waals surface area contributed by atoms with Crippen molar-refractivity contribution in [3.8, 4) is 16.9 Å². The number of thiophene rings is 1. The maximum atomic E-state index is 12.5. The molecule has 0 fully saturated rings. The number of aromatic nitrogens is 1. The molecule has 0 spiro atoms. The molecule has 0 radical (unpaired) electrons. The molecule has 4 rings (SSSR count). The highest BCUT2D eigenvalue weighted by Crippen LogP contribution is 2.42. The fraction of sp³-hybridized carbons (Fsp3) is 0.292. The lowest BCUT2D eigenvalue weighted by Crippen LogP contribution is -2.06. The van der Waals surface area contributed by atoms with E-state index in [1.807, 2.05) is 24.4 Å². The number of H-pyrrole nitrogens is 1. The van der Waals surface area contributed by atoms with Crippen LogP contribution in [0.3, 0.4) is 0 Å². The van der Waals surface area contributed by atoms with Crippen LogP contribution in [-0.2, 0) is 0 Å². The van der Waals surface area contributed by atoms with Crippen LogP contribution >= 0.6 is 11.3 Å². The van der Waals surface area contributed by atoms with Crippen molar-refractivity contribution in [3.63, 3.8) is 0 Å². The van der Waals surface area contributed by atoms with Crippen molar-refractivity contribution in [2.24, 2.45) is 0 Å². The number of hydrogen-bond acceptors (Lipinski definition) is 3. The second-order valence-electron chi connectivity index (χ2n) is 7.45. The first kappa shape index (κ1) is 18.8. The van der Waals surface area contributed by atoms with E-state index in [0.717, 1.165) is 43.4 Å². The summed E-state index contributed by atoms with van der Waals surface area (Å²) >= 11 is 1.48. The third-order valence-electron chi connectivity index (χ3n) is 5.58. The fourth-order valence-electron chi connectivity index (χ4n) is 4.09. The number of ether oxygens (including phenoxy) is 1. The number of methoxy groups -OCH3 is 1. The molecule has 4 aromatic rings. The van der Waals surface area contributed by atoms with E-state index in [1.165, 1.54) is 29.7 Å². The summed E-state index contributed by atoms with van der Waals surface area (Å²) < 4.78 is 6.53. The first-order chi connectivity index (χ1) is 13.5. The largest absolute Gasteiger partial charge is 0.496 e. The molecule has 28 heavy (non-hydrogen) atoms. The molecule has 144 valence electrons. The van der Waals surface area contributed by atoms with E-state index in [0.29, 0.717) is 5.92 Å². The van der Waals surface area contributed by atoms with Crippen molar-refractivity contribution >= 4 is 32.3 Å². The molecule has 2 aromatic heterocycles. The molecule has 0 saturated heterocycles. The average molecular weight is 392 g/mol. The molecule has 0 saturated carbocycles. The Balaban J connectivity index is 2.02. The quantitative estimate of drug-likeness (QED) is 0.415. The molecule has 2 aromatic carbocycles. The minimum atomic E-state index is -0.0274. The number of rotatable bonds is 5. The van der Waals surface area contributed by atoms with E-state index in [1.54, 1.807) is 7.11 Å². The molecule has 0 amide bonds. The van der Waals surface area contributed by atoms with Gasteiger partial charge in [-0.3, -0.25) is 4.79 Å². The zero-order chi connectivity index (χ0) is 19.8. The highest BCUT2D eigenvalue weighted by molar-refractivity contribution is 7.17. The first-order valence-electron chi connectivity index (χ1n) is 9.76. The van der Waals surface area contributed by atoms with Gasteiger partial charge in [-0.05, 0) is 53.5 Å². The van der Waals surface area contributed by atoms with Crippen molar-refractivity contribution < 1.29 is 4.74 Å². The number of aromatic amines is 1. The van der Waals surface area contributed by atoms with E-state index in [9.17, 15) is 4.79 Å². The summed E-state index contributed by atoms with van der Waals surface area (Å²) in [6, 6.07) is 12.8. The summed E-state index contributed by atoms with van der Waals surface area (Å²) in [4.78, 5) is 15.6. The van der Waals surface area contributed by atoms with Gasteiger partial charge in [0.2, 0.25) is 0 Å². The Hall–Kier alpha value is -2.59. The van der Waals surface area contributed by atoms with Crippen LogP contribution in [0.15, 0.2) is 46.6 Å². The highest BCUT2D eigenvalue weighted by Gasteiger charge is 2.18. The second-order valence-corrected chi connectivity index (χ2v) is 8.37. The van der Waals surface area contributed by atoms with Crippen molar-refractivity contribution in [2.75, 3.05) is 7.11 Å². The van der Waals surface area contributed by atoms with Crippen LogP contribution in [0.25, 0.3) is 32.1 Å². The minimum Gasteiger partial charge on any atom is -0.496 e. The average Bonchev–Trinajstić information content (AvgIpc) is 3.19. The molecule has 4 heteroatoms. The summed E-state index contributed by atoms with van der Waals surface area (Å²) in [5.74, 6) is 1.38. The summed E-state index contributed by atoms with van der Waals surface area (Å²) in [5.41, 5.74) is 5.37. The summed E-state index contributed by atoms with van der Waals surface area (Å²) in [5, 5.41) is 4.03. The van der Waals surface area contributed by atoms with Gasteiger partial charge in [-0.15, -0.1) is 11.3 Å². The molecule has 0 unspecified atom stereocenters. The standard InChI is InChI=1S/C24H25NO2S/c1-5-6-14(2)16-7-9-17(10-8-16)20-19(27-4)13-15(3)22-21(20)18-11-12-28-23(18)24(26)25-22/h7-14H,5-6H2,1-4H3,(H,25,26)/t14-/m1/s1. The molecular formula is C24H25NO2S. The molecule has 3 nitrogen and oxygen atoms in total. The van der Waals surface area contributed by atoms with Gasteiger partial charge in [-0.2, -0.15) is 0 Å². The maximum absolute atomic E-state index is 12.5. The normalized spacial score (nSPS) is 12.6. The molecule has 1 atom stereocenters. The maximum Gasteiger partial charge on any atom is 0.266 e. The van der Waals surface area contributed by atoms with Crippen molar-refractivity contribution in [3.05, 3.63) is 63.3 Å². The number of pyridine rings is 1. The van der Waals surface area contributed by atoms with Crippen LogP contribution in [0, 0.1) is 6.92 Å². The Morgan fingerprint density at radius 2 is 1.93 bits per heavy atom. The van der Waals surface area contributed by atoms with Crippen molar-refractivity contribution in [1.29, 1.82) is 0 Å². The molecular weight excluding hydrogens is 366 g/mol. The number of fused-ring (bicyclic) bond motifs is 3. The third-order valence-corrected chi connectivity index (χ3v) is 6.49. The van der Waals surface area contributed by atoms with E-state index in [4.69, 9.17) is 4.74 Å². The van der Waals surface area contributed by atoms with Gasteiger partial charge in [0.05, 0.1) is 12.6 Å². The monoisotopic (exact) mass is 391 g/mol. The Bertz CT molecular complexity index is 1200. The van der Waals surface area contributed by atoms with Gasteiger partial charge in [0.15, 0.2) is 0 Å². The van der Waals surface area contributed by atoms with E-state index < -0.39 is 0 Å². The predicted molar refractivity (Wildman–Crippen MR) is 120 cm³/mol. The molecule has 0 aliphatic carbocycles. The van der Waals surface area contributed by atoms with Crippen LogP contribution in [0.5, 0.6) is 5.75 Å². The number of benzene rings is 2. The Labute approximate surface area is 169 Å². The Kier molecular flexibility index (Phi) is 4.98. The van der Waals surface area contributed by atoms with Gasteiger partial charge in [0.1, 0.15) is 10.4 Å². The smallest absolute Gasteiger partial charge is 0.266 e. The molecule has 2 heterocycles. The van der Waals surface area contributed by atoms with Gasteiger partial charge in [-0.1, -0.05) is 44.5 Å². The Morgan fingerprint density at radius 1 is 1.18 bits per heavy atom.